The molecule has 1 fully saturated rings. The van der Waals surface area contributed by atoms with Gasteiger partial charge < -0.3 is 15.4 Å². The second-order valence-corrected chi connectivity index (χ2v) is 5.64. The minimum atomic E-state index is -0.260. The summed E-state index contributed by atoms with van der Waals surface area (Å²) >= 11 is 0. The number of carbonyl (C=O) groups excluding carboxylic acids is 1. The van der Waals surface area contributed by atoms with E-state index < -0.39 is 0 Å². The summed E-state index contributed by atoms with van der Waals surface area (Å²) in [7, 11) is 0. The lowest BCUT2D eigenvalue weighted by Gasteiger charge is -2.10. The molecule has 0 saturated heterocycles. The average molecular weight is 314 g/mol. The van der Waals surface area contributed by atoms with Crippen molar-refractivity contribution in [1.82, 2.24) is 5.32 Å². The molecule has 3 rings (SSSR count). The molecule has 1 amide bonds. The van der Waals surface area contributed by atoms with Gasteiger partial charge in [0.1, 0.15) is 18.2 Å². The minimum absolute atomic E-state index is 0.00475. The summed E-state index contributed by atoms with van der Waals surface area (Å²) in [4.78, 5) is 11.7. The third kappa shape index (κ3) is 4.98. The fraction of sp³-hybridized carbons (Fsp3) is 0.278. The van der Waals surface area contributed by atoms with Gasteiger partial charge >= 0.3 is 0 Å². The van der Waals surface area contributed by atoms with Crippen LogP contribution in [0, 0.1) is 5.82 Å². The van der Waals surface area contributed by atoms with Crippen LogP contribution in [-0.2, 0) is 11.4 Å². The Morgan fingerprint density at radius 2 is 1.96 bits per heavy atom. The average Bonchev–Trinajstić information content (AvgIpc) is 3.37. The predicted octanol–water partition coefficient (Wildman–Crippen LogP) is 3.10. The molecule has 0 aliphatic heterocycles. The zero-order valence-corrected chi connectivity index (χ0v) is 12.7. The van der Waals surface area contributed by atoms with E-state index >= 15 is 0 Å². The summed E-state index contributed by atoms with van der Waals surface area (Å²) in [5, 5.41) is 6.01. The summed E-state index contributed by atoms with van der Waals surface area (Å²) in [6, 6.07) is 14.0. The molecule has 1 aliphatic carbocycles. The summed E-state index contributed by atoms with van der Waals surface area (Å²) in [6.45, 7) is 0.615. The van der Waals surface area contributed by atoms with Crippen LogP contribution in [0.4, 0.5) is 10.1 Å². The molecule has 0 bridgehead atoms. The molecule has 23 heavy (non-hydrogen) atoms. The van der Waals surface area contributed by atoms with E-state index in [1.807, 2.05) is 24.3 Å². The molecular weight excluding hydrogens is 295 g/mol. The first-order valence-corrected chi connectivity index (χ1v) is 7.69. The van der Waals surface area contributed by atoms with E-state index in [2.05, 4.69) is 10.6 Å². The van der Waals surface area contributed by atoms with Crippen molar-refractivity contribution >= 4 is 11.6 Å². The Labute approximate surface area is 134 Å². The largest absolute Gasteiger partial charge is 0.489 e. The van der Waals surface area contributed by atoms with Crippen LogP contribution in [0.25, 0.3) is 0 Å². The standard InChI is InChI=1S/C18H19FN2O2/c19-14-6-4-13(5-7-14)12-23-17-3-1-2-16(10-17)20-11-18(22)21-15-8-9-15/h1-7,10,15,20H,8-9,11-12H2,(H,21,22). The van der Waals surface area contributed by atoms with Crippen LogP contribution >= 0.6 is 0 Å². The number of halogens is 1. The number of benzene rings is 2. The molecule has 5 heteroatoms. The van der Waals surface area contributed by atoms with E-state index in [4.69, 9.17) is 4.74 Å². The van der Waals surface area contributed by atoms with Crippen LogP contribution in [0.5, 0.6) is 5.75 Å². The van der Waals surface area contributed by atoms with Gasteiger partial charge in [-0.15, -0.1) is 0 Å². The van der Waals surface area contributed by atoms with E-state index in [0.29, 0.717) is 18.4 Å². The third-order valence-electron chi connectivity index (χ3n) is 3.55. The second kappa shape index (κ2) is 7.13. The van der Waals surface area contributed by atoms with Crippen molar-refractivity contribution in [3.8, 4) is 5.75 Å². The van der Waals surface area contributed by atoms with Gasteiger partial charge in [-0.3, -0.25) is 4.79 Å². The molecule has 4 nitrogen and oxygen atoms in total. The molecule has 2 aromatic carbocycles. The van der Waals surface area contributed by atoms with Gasteiger partial charge in [0.25, 0.3) is 0 Å². The predicted molar refractivity (Wildman–Crippen MR) is 86.8 cm³/mol. The Kier molecular flexibility index (Phi) is 4.76. The Bertz CT molecular complexity index is 669. The molecular formula is C18H19FN2O2. The molecule has 120 valence electrons. The Balaban J connectivity index is 1.50. The molecule has 1 saturated carbocycles. The van der Waals surface area contributed by atoms with E-state index in [-0.39, 0.29) is 18.3 Å². The number of carbonyl (C=O) groups is 1. The van der Waals surface area contributed by atoms with Gasteiger partial charge in [-0.1, -0.05) is 18.2 Å². The fourth-order valence-electron chi connectivity index (χ4n) is 2.13. The smallest absolute Gasteiger partial charge is 0.239 e. The Hall–Kier alpha value is -2.56. The number of anilines is 1. The van der Waals surface area contributed by atoms with Crippen molar-refractivity contribution in [1.29, 1.82) is 0 Å². The highest BCUT2D eigenvalue weighted by Crippen LogP contribution is 2.20. The maximum Gasteiger partial charge on any atom is 0.239 e. The number of rotatable bonds is 7. The van der Waals surface area contributed by atoms with Crippen LogP contribution in [0.1, 0.15) is 18.4 Å². The summed E-state index contributed by atoms with van der Waals surface area (Å²) in [6.07, 6.45) is 2.16. The highest BCUT2D eigenvalue weighted by Gasteiger charge is 2.22. The molecule has 0 spiro atoms. The van der Waals surface area contributed by atoms with E-state index in [0.717, 1.165) is 24.1 Å². The summed E-state index contributed by atoms with van der Waals surface area (Å²) in [5.74, 6) is 0.441. The van der Waals surface area contributed by atoms with Crippen molar-refractivity contribution in [2.75, 3.05) is 11.9 Å². The van der Waals surface area contributed by atoms with E-state index in [1.54, 1.807) is 12.1 Å². The number of hydrogen-bond donors (Lipinski definition) is 2. The maximum atomic E-state index is 12.9. The Morgan fingerprint density at radius 3 is 2.70 bits per heavy atom. The number of amides is 1. The van der Waals surface area contributed by atoms with Gasteiger partial charge in [-0.05, 0) is 42.7 Å². The molecule has 0 atom stereocenters. The van der Waals surface area contributed by atoms with Crippen LogP contribution in [0.15, 0.2) is 48.5 Å². The molecule has 0 radical (unpaired) electrons. The molecule has 0 aromatic heterocycles. The van der Waals surface area contributed by atoms with E-state index in [1.165, 1.54) is 12.1 Å². The van der Waals surface area contributed by atoms with Crippen molar-refractivity contribution in [3.05, 3.63) is 59.9 Å². The molecule has 2 aromatic rings. The van der Waals surface area contributed by atoms with Crippen molar-refractivity contribution in [3.63, 3.8) is 0 Å². The highest BCUT2D eigenvalue weighted by molar-refractivity contribution is 5.81. The number of ether oxygens (including phenoxy) is 1. The van der Waals surface area contributed by atoms with Gasteiger partial charge in [0.05, 0.1) is 6.54 Å². The molecule has 0 heterocycles. The van der Waals surface area contributed by atoms with E-state index in [9.17, 15) is 9.18 Å². The van der Waals surface area contributed by atoms with Crippen LogP contribution in [0.2, 0.25) is 0 Å². The topological polar surface area (TPSA) is 50.4 Å². The van der Waals surface area contributed by atoms with Gasteiger partial charge in [-0.2, -0.15) is 0 Å². The first-order chi connectivity index (χ1) is 11.2. The van der Waals surface area contributed by atoms with Gasteiger partial charge in [-0.25, -0.2) is 4.39 Å². The van der Waals surface area contributed by atoms with Gasteiger partial charge in [0.15, 0.2) is 0 Å². The number of hydrogen-bond acceptors (Lipinski definition) is 3. The lowest BCUT2D eigenvalue weighted by molar-refractivity contribution is -0.119. The first-order valence-electron chi connectivity index (χ1n) is 7.69. The quantitative estimate of drug-likeness (QED) is 0.826. The lowest BCUT2D eigenvalue weighted by Crippen LogP contribution is -2.31. The zero-order valence-electron chi connectivity index (χ0n) is 12.7. The monoisotopic (exact) mass is 314 g/mol. The van der Waals surface area contributed by atoms with Crippen molar-refractivity contribution < 1.29 is 13.9 Å². The fourth-order valence-corrected chi connectivity index (χ4v) is 2.13. The van der Waals surface area contributed by atoms with Crippen molar-refractivity contribution in [2.24, 2.45) is 0 Å². The van der Waals surface area contributed by atoms with Crippen LogP contribution in [-0.4, -0.2) is 18.5 Å². The van der Waals surface area contributed by atoms with Gasteiger partial charge in [0.2, 0.25) is 5.91 Å². The van der Waals surface area contributed by atoms with Crippen LogP contribution in [0.3, 0.4) is 0 Å². The zero-order chi connectivity index (χ0) is 16.1. The van der Waals surface area contributed by atoms with Crippen LogP contribution < -0.4 is 15.4 Å². The lowest BCUT2D eigenvalue weighted by atomic mass is 10.2. The third-order valence-corrected chi connectivity index (χ3v) is 3.55. The first kappa shape index (κ1) is 15.3. The maximum absolute atomic E-state index is 12.9. The highest BCUT2D eigenvalue weighted by atomic mass is 19.1. The van der Waals surface area contributed by atoms with Crippen molar-refractivity contribution in [2.45, 2.75) is 25.5 Å². The molecule has 1 aliphatic rings. The summed E-state index contributed by atoms with van der Waals surface area (Å²) < 4.78 is 18.5. The minimum Gasteiger partial charge on any atom is -0.489 e. The number of nitrogens with one attached hydrogen (secondary N) is 2. The molecule has 0 unspecified atom stereocenters. The SMILES string of the molecule is O=C(CNc1cccc(OCc2ccc(F)cc2)c1)NC1CC1. The normalized spacial score (nSPS) is 13.4. The van der Waals surface area contributed by atoms with Gasteiger partial charge in [0, 0.05) is 17.8 Å². The molecule has 2 N–H and O–H groups in total. The summed E-state index contributed by atoms with van der Waals surface area (Å²) in [5.41, 5.74) is 1.72. The second-order valence-electron chi connectivity index (χ2n) is 5.64. The Morgan fingerprint density at radius 1 is 1.17 bits per heavy atom.